The molecule has 0 aromatic rings. The first-order valence-corrected chi connectivity index (χ1v) is 7.89. The smallest absolute Gasteiger partial charge is 0.323 e. The topological polar surface area (TPSA) is 29.5 Å². The first-order valence-electron chi connectivity index (χ1n) is 6.49. The number of thioether (sulfide) groups is 1. The van der Waals surface area contributed by atoms with Crippen molar-refractivity contribution < 1.29 is 9.53 Å². The average Bonchev–Trinajstić information content (AvgIpc) is 2.32. The van der Waals surface area contributed by atoms with Crippen molar-refractivity contribution in [2.45, 2.75) is 52.1 Å². The van der Waals surface area contributed by atoms with Crippen LogP contribution in [0.25, 0.3) is 0 Å². The van der Waals surface area contributed by atoms with Gasteiger partial charge >= 0.3 is 5.97 Å². The molecule has 0 aliphatic carbocycles. The van der Waals surface area contributed by atoms with Crippen LogP contribution in [0.15, 0.2) is 0 Å². The minimum absolute atomic E-state index is 0.0728. The van der Waals surface area contributed by atoms with Gasteiger partial charge in [0.1, 0.15) is 6.04 Å². The Labute approximate surface area is 110 Å². The van der Waals surface area contributed by atoms with E-state index in [2.05, 4.69) is 25.0 Å². The number of carbonyl (C=O) groups is 1. The highest BCUT2D eigenvalue weighted by atomic mass is 32.2. The van der Waals surface area contributed by atoms with Gasteiger partial charge in [0.05, 0.1) is 6.61 Å². The summed E-state index contributed by atoms with van der Waals surface area (Å²) in [6.45, 7) is 6.60. The van der Waals surface area contributed by atoms with Crippen molar-refractivity contribution in [1.29, 1.82) is 0 Å². The maximum atomic E-state index is 11.9. The minimum atomic E-state index is -0.0861. The number of carbonyl (C=O) groups excluding carboxylic acids is 1. The molecule has 0 aromatic heterocycles. The van der Waals surface area contributed by atoms with Crippen LogP contribution in [0.5, 0.6) is 0 Å². The number of rotatable bonds is 9. The molecule has 0 heterocycles. The summed E-state index contributed by atoms with van der Waals surface area (Å²) in [5, 5.41) is 0. The number of hydrogen-bond donors (Lipinski definition) is 0. The predicted molar refractivity (Wildman–Crippen MR) is 75.6 cm³/mol. The highest BCUT2D eigenvalue weighted by Gasteiger charge is 2.27. The lowest BCUT2D eigenvalue weighted by molar-refractivity contribution is -0.150. The Bertz CT molecular complexity index is 212. The van der Waals surface area contributed by atoms with E-state index in [0.717, 1.165) is 25.0 Å². The lowest BCUT2D eigenvalue weighted by Crippen LogP contribution is -2.46. The summed E-state index contributed by atoms with van der Waals surface area (Å²) in [7, 11) is 2.04. The van der Waals surface area contributed by atoms with E-state index in [9.17, 15) is 4.79 Å². The molecule has 3 nitrogen and oxygen atoms in total. The van der Waals surface area contributed by atoms with Crippen LogP contribution in [0, 0.1) is 0 Å². The number of hydrogen-bond acceptors (Lipinski definition) is 4. The first kappa shape index (κ1) is 16.8. The van der Waals surface area contributed by atoms with Gasteiger partial charge in [-0.3, -0.25) is 9.69 Å². The number of esters is 1. The summed E-state index contributed by atoms with van der Waals surface area (Å²) in [6.07, 6.45) is 5.05. The van der Waals surface area contributed by atoms with Crippen molar-refractivity contribution in [3.05, 3.63) is 0 Å². The second-order valence-corrected chi connectivity index (χ2v) is 5.15. The second-order valence-electron chi connectivity index (χ2n) is 4.24. The van der Waals surface area contributed by atoms with Crippen LogP contribution in [0.2, 0.25) is 0 Å². The van der Waals surface area contributed by atoms with Crippen molar-refractivity contribution in [3.8, 4) is 0 Å². The molecule has 0 saturated heterocycles. The zero-order valence-corrected chi connectivity index (χ0v) is 12.7. The second kappa shape index (κ2) is 9.77. The molecule has 2 atom stereocenters. The van der Waals surface area contributed by atoms with E-state index in [4.69, 9.17) is 4.74 Å². The zero-order valence-electron chi connectivity index (χ0n) is 11.9. The van der Waals surface area contributed by atoms with Gasteiger partial charge in [-0.25, -0.2) is 0 Å². The molecule has 0 spiro atoms. The summed E-state index contributed by atoms with van der Waals surface area (Å²) in [5.74, 6) is 0.989. The van der Waals surface area contributed by atoms with Gasteiger partial charge in [-0.1, -0.05) is 20.3 Å². The van der Waals surface area contributed by atoms with Crippen LogP contribution in [-0.2, 0) is 9.53 Å². The van der Waals surface area contributed by atoms with Crippen LogP contribution < -0.4 is 0 Å². The van der Waals surface area contributed by atoms with Gasteiger partial charge < -0.3 is 4.74 Å². The lowest BCUT2D eigenvalue weighted by atomic mass is 10.1. The highest BCUT2D eigenvalue weighted by molar-refractivity contribution is 7.98. The van der Waals surface area contributed by atoms with Gasteiger partial charge in [0.2, 0.25) is 0 Å². The Balaban J connectivity index is 4.59. The molecule has 0 rings (SSSR count). The van der Waals surface area contributed by atoms with Gasteiger partial charge in [0.15, 0.2) is 0 Å². The zero-order chi connectivity index (χ0) is 13.3. The Morgan fingerprint density at radius 2 is 2.00 bits per heavy atom. The third kappa shape index (κ3) is 5.77. The van der Waals surface area contributed by atoms with Crippen molar-refractivity contribution >= 4 is 17.7 Å². The molecular formula is C13H27NO2S. The number of likely N-dealkylation sites (N-methyl/N-ethyl adjacent to an activating group) is 1. The standard InChI is InChI=1S/C13H27NO2S/c1-6-9-12(13(15)16-8-3)14(4)11(7-2)10-17-5/h11-12H,6-10H2,1-5H3. The molecule has 0 radical (unpaired) electrons. The van der Waals surface area contributed by atoms with Gasteiger partial charge in [-0.05, 0) is 33.1 Å². The fourth-order valence-corrected chi connectivity index (χ4v) is 2.83. The van der Waals surface area contributed by atoms with Gasteiger partial charge in [0.25, 0.3) is 0 Å². The predicted octanol–water partition coefficient (Wildman–Crippen LogP) is 2.79. The molecule has 0 saturated carbocycles. The minimum Gasteiger partial charge on any atom is -0.465 e. The Morgan fingerprint density at radius 1 is 1.35 bits per heavy atom. The van der Waals surface area contributed by atoms with Crippen LogP contribution in [0.1, 0.15) is 40.0 Å². The third-order valence-corrected chi connectivity index (χ3v) is 3.74. The monoisotopic (exact) mass is 261 g/mol. The molecule has 4 heteroatoms. The number of nitrogens with zero attached hydrogens (tertiary/aromatic N) is 1. The highest BCUT2D eigenvalue weighted by Crippen LogP contribution is 2.16. The molecule has 0 aromatic carbocycles. The summed E-state index contributed by atoms with van der Waals surface area (Å²) < 4.78 is 5.16. The third-order valence-electron chi connectivity index (χ3n) is 3.02. The summed E-state index contributed by atoms with van der Waals surface area (Å²) in [5.41, 5.74) is 0. The van der Waals surface area contributed by atoms with E-state index in [1.807, 2.05) is 25.7 Å². The molecule has 0 aliphatic rings. The molecule has 102 valence electrons. The van der Waals surface area contributed by atoms with Crippen LogP contribution in [0.3, 0.4) is 0 Å². The quantitative estimate of drug-likeness (QED) is 0.597. The van der Waals surface area contributed by atoms with Gasteiger partial charge in [-0.15, -0.1) is 0 Å². The van der Waals surface area contributed by atoms with Crippen LogP contribution in [0.4, 0.5) is 0 Å². The van der Waals surface area contributed by atoms with E-state index < -0.39 is 0 Å². The Hall–Kier alpha value is -0.220. The van der Waals surface area contributed by atoms with Crippen molar-refractivity contribution in [2.24, 2.45) is 0 Å². The van der Waals surface area contributed by atoms with Crippen molar-refractivity contribution in [3.63, 3.8) is 0 Å². The molecular weight excluding hydrogens is 234 g/mol. The van der Waals surface area contributed by atoms with Crippen molar-refractivity contribution in [1.82, 2.24) is 4.90 Å². The molecule has 2 unspecified atom stereocenters. The molecule has 0 N–H and O–H groups in total. The SMILES string of the molecule is CCCC(C(=O)OCC)N(C)C(CC)CSC. The lowest BCUT2D eigenvalue weighted by Gasteiger charge is -2.32. The fraction of sp³-hybridized carbons (Fsp3) is 0.923. The van der Waals surface area contributed by atoms with Gasteiger partial charge in [-0.2, -0.15) is 11.8 Å². The van der Waals surface area contributed by atoms with Crippen LogP contribution in [-0.4, -0.2) is 48.6 Å². The van der Waals surface area contributed by atoms with E-state index in [1.165, 1.54) is 0 Å². The molecule has 0 aliphatic heterocycles. The molecule has 17 heavy (non-hydrogen) atoms. The summed E-state index contributed by atoms with van der Waals surface area (Å²) in [4.78, 5) is 14.1. The molecule has 0 bridgehead atoms. The summed E-state index contributed by atoms with van der Waals surface area (Å²) in [6, 6.07) is 0.364. The maximum absolute atomic E-state index is 11.9. The van der Waals surface area contributed by atoms with Crippen LogP contribution >= 0.6 is 11.8 Å². The van der Waals surface area contributed by atoms with E-state index in [-0.39, 0.29) is 12.0 Å². The fourth-order valence-electron chi connectivity index (χ4n) is 1.97. The Kier molecular flexibility index (Phi) is 9.65. The van der Waals surface area contributed by atoms with E-state index >= 15 is 0 Å². The number of ether oxygens (including phenoxy) is 1. The summed E-state index contributed by atoms with van der Waals surface area (Å²) >= 11 is 1.83. The normalized spacial score (nSPS) is 14.7. The largest absolute Gasteiger partial charge is 0.465 e. The van der Waals surface area contributed by atoms with Gasteiger partial charge in [0, 0.05) is 11.8 Å². The Morgan fingerprint density at radius 3 is 2.41 bits per heavy atom. The maximum Gasteiger partial charge on any atom is 0.323 e. The average molecular weight is 261 g/mol. The molecule has 0 amide bonds. The van der Waals surface area contributed by atoms with Crippen molar-refractivity contribution in [2.75, 3.05) is 25.7 Å². The molecule has 0 fully saturated rings. The first-order chi connectivity index (χ1) is 8.12. The van der Waals surface area contributed by atoms with E-state index in [0.29, 0.717) is 12.6 Å². The van der Waals surface area contributed by atoms with E-state index in [1.54, 1.807) is 0 Å².